The summed E-state index contributed by atoms with van der Waals surface area (Å²) in [5, 5.41) is 0.468. The molecule has 0 aliphatic rings. The van der Waals surface area contributed by atoms with E-state index in [1.807, 2.05) is 18.4 Å². The third-order valence-corrected chi connectivity index (χ3v) is 3.45. The van der Waals surface area contributed by atoms with Crippen LogP contribution in [0, 0.1) is 0 Å². The normalized spacial score (nSPS) is 9.89. The van der Waals surface area contributed by atoms with E-state index in [0.29, 0.717) is 23.7 Å². The Labute approximate surface area is 117 Å². The molecule has 0 N–H and O–H groups in total. The van der Waals surface area contributed by atoms with Gasteiger partial charge in [-0.05, 0) is 24.5 Å². The second-order valence-corrected chi connectivity index (χ2v) is 4.92. The number of hydrogen-bond acceptors (Lipinski definition) is 2. The third-order valence-electron chi connectivity index (χ3n) is 2.39. The van der Waals surface area contributed by atoms with Crippen molar-refractivity contribution in [1.82, 2.24) is 4.90 Å². The van der Waals surface area contributed by atoms with Crippen molar-refractivity contribution in [2.45, 2.75) is 4.90 Å². The van der Waals surface area contributed by atoms with Gasteiger partial charge in [-0.15, -0.1) is 24.9 Å². The molecule has 96 valence electrons. The van der Waals surface area contributed by atoms with Crippen LogP contribution >= 0.6 is 23.4 Å². The molecule has 0 saturated carbocycles. The number of carbonyl (C=O) groups is 1. The number of hydrogen-bond donors (Lipinski definition) is 0. The van der Waals surface area contributed by atoms with Gasteiger partial charge in [-0.3, -0.25) is 4.79 Å². The summed E-state index contributed by atoms with van der Waals surface area (Å²) in [5.74, 6) is -0.101. The topological polar surface area (TPSA) is 20.3 Å². The standard InChI is InChI=1S/C14H16ClNOS/c1-4-8-16(9-5-2)14(17)12-10-11(18-3)6-7-13(12)15/h4-7,10H,1-2,8-9H2,3H3. The number of halogens is 1. The van der Waals surface area contributed by atoms with Crippen molar-refractivity contribution in [3.05, 3.63) is 54.1 Å². The predicted octanol–water partition coefficient (Wildman–Crippen LogP) is 3.88. The summed E-state index contributed by atoms with van der Waals surface area (Å²) < 4.78 is 0. The Balaban J connectivity index is 3.06. The molecule has 1 aromatic rings. The average Bonchev–Trinajstić information content (AvgIpc) is 2.38. The van der Waals surface area contributed by atoms with Crippen molar-refractivity contribution in [3.63, 3.8) is 0 Å². The Morgan fingerprint density at radius 3 is 2.50 bits per heavy atom. The summed E-state index contributed by atoms with van der Waals surface area (Å²) >= 11 is 7.66. The highest BCUT2D eigenvalue weighted by Crippen LogP contribution is 2.24. The maximum Gasteiger partial charge on any atom is 0.255 e. The summed E-state index contributed by atoms with van der Waals surface area (Å²) in [6, 6.07) is 5.46. The Morgan fingerprint density at radius 2 is 2.00 bits per heavy atom. The van der Waals surface area contributed by atoms with E-state index in [2.05, 4.69) is 13.2 Å². The smallest absolute Gasteiger partial charge is 0.255 e. The minimum Gasteiger partial charge on any atom is -0.331 e. The summed E-state index contributed by atoms with van der Waals surface area (Å²) in [7, 11) is 0. The van der Waals surface area contributed by atoms with Crippen LogP contribution in [0.1, 0.15) is 10.4 Å². The van der Waals surface area contributed by atoms with Gasteiger partial charge in [0.1, 0.15) is 0 Å². The van der Waals surface area contributed by atoms with Crippen LogP contribution in [0.25, 0.3) is 0 Å². The lowest BCUT2D eigenvalue weighted by atomic mass is 10.2. The first-order valence-electron chi connectivity index (χ1n) is 5.48. The van der Waals surface area contributed by atoms with Crippen molar-refractivity contribution in [2.24, 2.45) is 0 Å². The van der Waals surface area contributed by atoms with Gasteiger partial charge < -0.3 is 4.90 Å². The SMILES string of the molecule is C=CCN(CC=C)C(=O)c1cc(SC)ccc1Cl. The van der Waals surface area contributed by atoms with Crippen LogP contribution in [-0.4, -0.2) is 30.2 Å². The Morgan fingerprint density at radius 1 is 1.39 bits per heavy atom. The number of amides is 1. The molecule has 1 aromatic carbocycles. The van der Waals surface area contributed by atoms with Crippen LogP contribution in [-0.2, 0) is 0 Å². The highest BCUT2D eigenvalue weighted by molar-refractivity contribution is 7.98. The molecule has 0 saturated heterocycles. The molecule has 0 aliphatic carbocycles. The Kier molecular flexibility index (Phi) is 6.02. The van der Waals surface area contributed by atoms with Crippen molar-refractivity contribution in [1.29, 1.82) is 0 Å². The highest BCUT2D eigenvalue weighted by atomic mass is 35.5. The zero-order valence-corrected chi connectivity index (χ0v) is 11.9. The van der Waals surface area contributed by atoms with Crippen LogP contribution in [0.15, 0.2) is 48.4 Å². The van der Waals surface area contributed by atoms with Crippen LogP contribution in [0.5, 0.6) is 0 Å². The van der Waals surface area contributed by atoms with Gasteiger partial charge in [0.25, 0.3) is 5.91 Å². The molecule has 4 heteroatoms. The van der Waals surface area contributed by atoms with Gasteiger partial charge in [-0.25, -0.2) is 0 Å². The molecule has 0 atom stereocenters. The van der Waals surface area contributed by atoms with E-state index in [1.165, 1.54) is 0 Å². The molecule has 0 fully saturated rings. The molecule has 2 nitrogen and oxygen atoms in total. The van der Waals surface area contributed by atoms with Gasteiger partial charge in [0.05, 0.1) is 10.6 Å². The zero-order valence-electron chi connectivity index (χ0n) is 10.4. The van der Waals surface area contributed by atoms with Crippen molar-refractivity contribution < 1.29 is 4.79 Å². The third kappa shape index (κ3) is 3.65. The van der Waals surface area contributed by atoms with Crippen molar-refractivity contribution in [3.8, 4) is 0 Å². The first kappa shape index (κ1) is 14.9. The van der Waals surface area contributed by atoms with E-state index in [0.717, 1.165) is 4.90 Å². The van der Waals surface area contributed by atoms with E-state index in [-0.39, 0.29) is 5.91 Å². The molecule has 0 bridgehead atoms. The molecule has 1 amide bonds. The van der Waals surface area contributed by atoms with Crippen molar-refractivity contribution >= 4 is 29.3 Å². The van der Waals surface area contributed by atoms with E-state index < -0.39 is 0 Å². The number of nitrogens with zero attached hydrogens (tertiary/aromatic N) is 1. The lowest BCUT2D eigenvalue weighted by Crippen LogP contribution is -2.31. The van der Waals surface area contributed by atoms with Gasteiger partial charge in [0.15, 0.2) is 0 Å². The Bertz CT molecular complexity index is 449. The Hall–Kier alpha value is -1.19. The number of carbonyl (C=O) groups excluding carboxylic acids is 1. The quantitative estimate of drug-likeness (QED) is 0.583. The monoisotopic (exact) mass is 281 g/mol. The maximum absolute atomic E-state index is 12.4. The van der Waals surface area contributed by atoms with Crippen molar-refractivity contribution in [2.75, 3.05) is 19.3 Å². The van der Waals surface area contributed by atoms with E-state index in [1.54, 1.807) is 34.9 Å². The van der Waals surface area contributed by atoms with Gasteiger partial charge in [0, 0.05) is 18.0 Å². The van der Waals surface area contributed by atoms with Crippen LogP contribution in [0.2, 0.25) is 5.02 Å². The minimum atomic E-state index is -0.101. The largest absolute Gasteiger partial charge is 0.331 e. The average molecular weight is 282 g/mol. The van der Waals surface area contributed by atoms with Gasteiger partial charge >= 0.3 is 0 Å². The molecular formula is C14H16ClNOS. The fraction of sp³-hybridized carbons (Fsp3) is 0.214. The summed E-state index contributed by atoms with van der Waals surface area (Å²) in [6.45, 7) is 8.25. The molecule has 0 heterocycles. The fourth-order valence-corrected chi connectivity index (χ4v) is 2.16. The molecule has 0 aliphatic heterocycles. The summed E-state index contributed by atoms with van der Waals surface area (Å²) in [5.41, 5.74) is 0.521. The molecule has 0 unspecified atom stereocenters. The lowest BCUT2D eigenvalue weighted by molar-refractivity contribution is 0.0791. The second-order valence-electron chi connectivity index (χ2n) is 3.63. The predicted molar refractivity (Wildman–Crippen MR) is 79.5 cm³/mol. The van der Waals surface area contributed by atoms with E-state index in [4.69, 9.17) is 11.6 Å². The van der Waals surface area contributed by atoms with E-state index in [9.17, 15) is 4.79 Å². The summed E-state index contributed by atoms with van der Waals surface area (Å²) in [4.78, 5) is 15.0. The molecule has 0 radical (unpaired) electrons. The number of rotatable bonds is 6. The molecule has 0 spiro atoms. The van der Waals surface area contributed by atoms with E-state index >= 15 is 0 Å². The van der Waals surface area contributed by atoms with Gasteiger partial charge in [-0.1, -0.05) is 23.8 Å². The summed E-state index contributed by atoms with van der Waals surface area (Å²) in [6.07, 6.45) is 5.34. The highest BCUT2D eigenvalue weighted by Gasteiger charge is 2.16. The lowest BCUT2D eigenvalue weighted by Gasteiger charge is -2.20. The maximum atomic E-state index is 12.4. The fourth-order valence-electron chi connectivity index (χ4n) is 1.52. The van der Waals surface area contributed by atoms with Crippen LogP contribution in [0.3, 0.4) is 0 Å². The first-order chi connectivity index (χ1) is 8.63. The van der Waals surface area contributed by atoms with Gasteiger partial charge in [0.2, 0.25) is 0 Å². The first-order valence-corrected chi connectivity index (χ1v) is 7.09. The minimum absolute atomic E-state index is 0.101. The molecule has 1 rings (SSSR count). The molecule has 0 aromatic heterocycles. The zero-order chi connectivity index (χ0) is 13.5. The van der Waals surface area contributed by atoms with Crippen LogP contribution < -0.4 is 0 Å². The van der Waals surface area contributed by atoms with Gasteiger partial charge in [-0.2, -0.15) is 0 Å². The van der Waals surface area contributed by atoms with Crippen LogP contribution in [0.4, 0.5) is 0 Å². The second kappa shape index (κ2) is 7.29. The number of benzene rings is 1. The molecular weight excluding hydrogens is 266 g/mol. The number of thioether (sulfide) groups is 1. The molecule has 18 heavy (non-hydrogen) atoms.